The quantitative estimate of drug-likeness (QED) is 0.900. The normalized spacial score (nSPS) is 16.2. The Bertz CT molecular complexity index is 816. The molecule has 2 aromatic carbocycles. The zero-order chi connectivity index (χ0) is 18.6. The Morgan fingerprint density at radius 1 is 1.00 bits per heavy atom. The molecule has 2 aromatic rings. The molecule has 0 bridgehead atoms. The Morgan fingerprint density at radius 3 is 2.56 bits per heavy atom. The Labute approximate surface area is 159 Å². The molecule has 4 rings (SSSR count). The van der Waals surface area contributed by atoms with Gasteiger partial charge in [-0.25, -0.2) is 0 Å². The van der Waals surface area contributed by atoms with Gasteiger partial charge in [-0.2, -0.15) is 0 Å². The number of piperazine rings is 1. The van der Waals surface area contributed by atoms with E-state index in [4.69, 9.17) is 9.47 Å². The van der Waals surface area contributed by atoms with Crippen molar-refractivity contribution < 1.29 is 14.3 Å². The van der Waals surface area contributed by atoms with Gasteiger partial charge >= 0.3 is 0 Å². The van der Waals surface area contributed by atoms with Crippen LogP contribution in [-0.2, 0) is 4.79 Å². The van der Waals surface area contributed by atoms with E-state index >= 15 is 0 Å². The highest BCUT2D eigenvalue weighted by atomic mass is 16.6. The number of amides is 1. The van der Waals surface area contributed by atoms with E-state index in [1.165, 1.54) is 11.3 Å². The van der Waals surface area contributed by atoms with Crippen LogP contribution >= 0.6 is 0 Å². The van der Waals surface area contributed by atoms with Gasteiger partial charge in [0.1, 0.15) is 13.2 Å². The van der Waals surface area contributed by atoms with Gasteiger partial charge in [-0.3, -0.25) is 4.79 Å². The van der Waals surface area contributed by atoms with Crippen LogP contribution < -0.4 is 19.7 Å². The molecule has 0 unspecified atom stereocenters. The number of benzene rings is 2. The Kier molecular flexibility index (Phi) is 5.05. The predicted octanol–water partition coefficient (Wildman–Crippen LogP) is 2.53. The molecule has 6 heteroatoms. The average molecular weight is 367 g/mol. The van der Waals surface area contributed by atoms with Crippen molar-refractivity contribution in [2.24, 2.45) is 0 Å². The number of rotatable bonds is 4. The number of hydrogen-bond acceptors (Lipinski definition) is 5. The van der Waals surface area contributed by atoms with Crippen LogP contribution in [0.2, 0.25) is 0 Å². The molecule has 142 valence electrons. The molecule has 0 saturated carbocycles. The molecular formula is C21H25N3O3. The molecular weight excluding hydrogens is 342 g/mol. The minimum atomic E-state index is 0.119. The van der Waals surface area contributed by atoms with Crippen molar-refractivity contribution in [3.8, 4) is 11.5 Å². The lowest BCUT2D eigenvalue weighted by molar-refractivity contribution is -0.129. The molecule has 1 N–H and O–H groups in total. The van der Waals surface area contributed by atoms with Crippen LogP contribution in [0.4, 0.5) is 11.4 Å². The van der Waals surface area contributed by atoms with Gasteiger partial charge in [-0.1, -0.05) is 12.1 Å². The summed E-state index contributed by atoms with van der Waals surface area (Å²) in [4.78, 5) is 16.8. The average Bonchev–Trinajstić information content (AvgIpc) is 2.72. The van der Waals surface area contributed by atoms with Crippen LogP contribution in [0.5, 0.6) is 11.5 Å². The van der Waals surface area contributed by atoms with Gasteiger partial charge in [0.15, 0.2) is 11.5 Å². The number of carbonyl (C=O) groups is 1. The third kappa shape index (κ3) is 4.10. The summed E-state index contributed by atoms with van der Waals surface area (Å²) in [5.74, 6) is 1.60. The maximum Gasteiger partial charge on any atom is 0.241 e. The zero-order valence-corrected chi connectivity index (χ0v) is 15.6. The van der Waals surface area contributed by atoms with Gasteiger partial charge in [0, 0.05) is 43.6 Å². The molecule has 6 nitrogen and oxygen atoms in total. The van der Waals surface area contributed by atoms with Gasteiger partial charge in [0.05, 0.1) is 6.54 Å². The first-order valence-corrected chi connectivity index (χ1v) is 9.42. The van der Waals surface area contributed by atoms with Crippen LogP contribution in [0, 0.1) is 6.92 Å². The predicted molar refractivity (Wildman–Crippen MR) is 106 cm³/mol. The third-order valence-corrected chi connectivity index (χ3v) is 4.99. The molecule has 1 fully saturated rings. The molecule has 2 heterocycles. The number of hydrogen-bond donors (Lipinski definition) is 1. The second-order valence-corrected chi connectivity index (χ2v) is 6.92. The first-order chi connectivity index (χ1) is 13.2. The highest BCUT2D eigenvalue weighted by Crippen LogP contribution is 2.32. The van der Waals surface area contributed by atoms with Gasteiger partial charge in [0.2, 0.25) is 5.91 Å². The second kappa shape index (κ2) is 7.78. The molecule has 0 aliphatic carbocycles. The van der Waals surface area contributed by atoms with Crippen LogP contribution in [0.3, 0.4) is 0 Å². The molecule has 0 atom stereocenters. The fourth-order valence-corrected chi connectivity index (χ4v) is 3.48. The number of nitrogens with one attached hydrogen (secondary N) is 1. The van der Waals surface area contributed by atoms with Crippen molar-refractivity contribution in [3.63, 3.8) is 0 Å². The van der Waals surface area contributed by atoms with Gasteiger partial charge in [0.25, 0.3) is 0 Å². The highest BCUT2D eigenvalue weighted by Gasteiger charge is 2.21. The summed E-state index contributed by atoms with van der Waals surface area (Å²) in [5.41, 5.74) is 3.36. The van der Waals surface area contributed by atoms with Gasteiger partial charge < -0.3 is 24.6 Å². The molecule has 2 aliphatic rings. The Balaban J connectivity index is 1.28. The van der Waals surface area contributed by atoms with Gasteiger partial charge in [-0.15, -0.1) is 0 Å². The molecule has 27 heavy (non-hydrogen) atoms. The summed E-state index contributed by atoms with van der Waals surface area (Å²) in [7, 11) is 0. The van der Waals surface area contributed by atoms with Crippen molar-refractivity contribution in [2.75, 3.05) is 56.2 Å². The van der Waals surface area contributed by atoms with Gasteiger partial charge in [-0.05, 0) is 36.8 Å². The molecule has 1 amide bonds. The van der Waals surface area contributed by atoms with Crippen LogP contribution in [0.15, 0.2) is 42.5 Å². The SMILES string of the molecule is Cc1cccc(N2CCN(C(=O)CNc3ccc4c(c3)OCCO4)CC2)c1. The largest absolute Gasteiger partial charge is 0.486 e. The first-order valence-electron chi connectivity index (χ1n) is 9.42. The van der Waals surface area contributed by atoms with Crippen molar-refractivity contribution in [1.29, 1.82) is 0 Å². The number of nitrogens with zero attached hydrogens (tertiary/aromatic N) is 2. The monoisotopic (exact) mass is 367 g/mol. The fraction of sp³-hybridized carbons (Fsp3) is 0.381. The Morgan fingerprint density at radius 2 is 1.78 bits per heavy atom. The van der Waals surface area contributed by atoms with E-state index in [0.717, 1.165) is 43.4 Å². The van der Waals surface area contributed by atoms with Crippen LogP contribution in [0.25, 0.3) is 0 Å². The standard InChI is InChI=1S/C21H25N3O3/c1-16-3-2-4-18(13-16)23-7-9-24(10-8-23)21(25)15-22-17-5-6-19-20(14-17)27-12-11-26-19/h2-6,13-14,22H,7-12,15H2,1H3. The maximum absolute atomic E-state index is 12.5. The fourth-order valence-electron chi connectivity index (χ4n) is 3.48. The van der Waals surface area contributed by atoms with E-state index in [2.05, 4.69) is 41.4 Å². The molecule has 0 radical (unpaired) electrons. The zero-order valence-electron chi connectivity index (χ0n) is 15.6. The van der Waals surface area contributed by atoms with E-state index in [0.29, 0.717) is 13.2 Å². The van der Waals surface area contributed by atoms with E-state index in [9.17, 15) is 4.79 Å². The molecule has 0 aromatic heterocycles. The molecule has 1 saturated heterocycles. The number of carbonyl (C=O) groups excluding carboxylic acids is 1. The van der Waals surface area contributed by atoms with Crippen molar-refractivity contribution in [3.05, 3.63) is 48.0 Å². The van der Waals surface area contributed by atoms with Crippen molar-refractivity contribution >= 4 is 17.3 Å². The van der Waals surface area contributed by atoms with Crippen LogP contribution in [-0.4, -0.2) is 56.7 Å². The molecule has 0 spiro atoms. The summed E-state index contributed by atoms with van der Waals surface area (Å²) in [6, 6.07) is 14.2. The summed E-state index contributed by atoms with van der Waals surface area (Å²) < 4.78 is 11.1. The summed E-state index contributed by atoms with van der Waals surface area (Å²) >= 11 is 0. The summed E-state index contributed by atoms with van der Waals surface area (Å²) in [6.45, 7) is 6.73. The second-order valence-electron chi connectivity index (χ2n) is 6.92. The van der Waals surface area contributed by atoms with Crippen molar-refractivity contribution in [2.45, 2.75) is 6.92 Å². The number of anilines is 2. The number of fused-ring (bicyclic) bond motifs is 1. The van der Waals surface area contributed by atoms with Crippen molar-refractivity contribution in [1.82, 2.24) is 4.90 Å². The third-order valence-electron chi connectivity index (χ3n) is 4.99. The summed E-state index contributed by atoms with van der Waals surface area (Å²) in [5, 5.41) is 3.20. The van der Waals surface area contributed by atoms with E-state index < -0.39 is 0 Å². The Hall–Kier alpha value is -2.89. The highest BCUT2D eigenvalue weighted by molar-refractivity contribution is 5.81. The van der Waals surface area contributed by atoms with E-state index in [1.807, 2.05) is 23.1 Å². The lowest BCUT2D eigenvalue weighted by atomic mass is 10.2. The maximum atomic E-state index is 12.5. The first kappa shape index (κ1) is 17.5. The number of ether oxygens (including phenoxy) is 2. The summed E-state index contributed by atoms with van der Waals surface area (Å²) in [6.07, 6.45) is 0. The smallest absolute Gasteiger partial charge is 0.241 e. The number of aryl methyl sites for hydroxylation is 1. The van der Waals surface area contributed by atoms with Crippen LogP contribution in [0.1, 0.15) is 5.56 Å². The minimum absolute atomic E-state index is 0.119. The lowest BCUT2D eigenvalue weighted by Crippen LogP contribution is -2.50. The van der Waals surface area contributed by atoms with E-state index in [-0.39, 0.29) is 12.5 Å². The minimum Gasteiger partial charge on any atom is -0.486 e. The lowest BCUT2D eigenvalue weighted by Gasteiger charge is -2.36. The molecule has 2 aliphatic heterocycles. The topological polar surface area (TPSA) is 54.0 Å². The van der Waals surface area contributed by atoms with E-state index in [1.54, 1.807) is 0 Å².